The van der Waals surface area contributed by atoms with Gasteiger partial charge in [0.2, 0.25) is 0 Å². The lowest BCUT2D eigenvalue weighted by Gasteiger charge is -2.07. The van der Waals surface area contributed by atoms with E-state index in [1.807, 2.05) is 24.3 Å². The summed E-state index contributed by atoms with van der Waals surface area (Å²) in [4.78, 5) is 11.6. The Labute approximate surface area is 117 Å². The second-order valence-corrected chi connectivity index (χ2v) is 4.99. The van der Waals surface area contributed by atoms with E-state index in [1.54, 1.807) is 12.1 Å². The first-order valence-electron chi connectivity index (χ1n) is 5.67. The van der Waals surface area contributed by atoms with E-state index >= 15 is 0 Å². The van der Waals surface area contributed by atoms with Gasteiger partial charge >= 0.3 is 5.63 Å². The minimum atomic E-state index is -0.441. The molecule has 2 aromatic carbocycles. The third-order valence-electron chi connectivity index (χ3n) is 2.89. The Morgan fingerprint density at radius 2 is 1.79 bits per heavy atom. The number of phenolic OH excluding ortho intramolecular Hbond substituents is 1. The van der Waals surface area contributed by atoms with Crippen molar-refractivity contribution in [1.82, 2.24) is 0 Å². The molecule has 3 rings (SSSR count). The van der Waals surface area contributed by atoms with Crippen molar-refractivity contribution < 1.29 is 9.52 Å². The molecule has 0 spiro atoms. The van der Waals surface area contributed by atoms with Gasteiger partial charge in [-0.05, 0) is 23.8 Å². The lowest BCUT2D eigenvalue weighted by molar-refractivity contribution is 0.473. The van der Waals surface area contributed by atoms with Crippen LogP contribution >= 0.6 is 15.9 Å². The fraction of sp³-hybridized carbons (Fsp3) is 0. The van der Waals surface area contributed by atoms with E-state index in [0.717, 1.165) is 21.0 Å². The average molecular weight is 317 g/mol. The van der Waals surface area contributed by atoms with Crippen LogP contribution in [0.5, 0.6) is 5.75 Å². The first-order chi connectivity index (χ1) is 9.15. The highest BCUT2D eigenvalue weighted by Crippen LogP contribution is 2.33. The summed E-state index contributed by atoms with van der Waals surface area (Å²) in [7, 11) is 0. The van der Waals surface area contributed by atoms with E-state index in [2.05, 4.69) is 15.9 Å². The SMILES string of the molecule is O=c1cc(-c2ccccc2Br)c2ccc(O)cc2o1. The maximum Gasteiger partial charge on any atom is 0.336 e. The second-order valence-electron chi connectivity index (χ2n) is 4.14. The molecule has 0 saturated carbocycles. The minimum absolute atomic E-state index is 0.0694. The van der Waals surface area contributed by atoms with Crippen molar-refractivity contribution >= 4 is 26.9 Å². The van der Waals surface area contributed by atoms with Crippen LogP contribution in [0.25, 0.3) is 22.1 Å². The zero-order valence-corrected chi connectivity index (χ0v) is 11.3. The largest absolute Gasteiger partial charge is 0.508 e. The fourth-order valence-electron chi connectivity index (χ4n) is 2.05. The smallest absolute Gasteiger partial charge is 0.336 e. The molecule has 0 aliphatic rings. The van der Waals surface area contributed by atoms with Crippen molar-refractivity contribution in [3.8, 4) is 16.9 Å². The first-order valence-corrected chi connectivity index (χ1v) is 6.46. The monoisotopic (exact) mass is 316 g/mol. The van der Waals surface area contributed by atoms with E-state index in [-0.39, 0.29) is 5.75 Å². The van der Waals surface area contributed by atoms with Crippen LogP contribution in [-0.4, -0.2) is 5.11 Å². The van der Waals surface area contributed by atoms with Crippen LogP contribution in [0.1, 0.15) is 0 Å². The molecule has 1 aromatic heterocycles. The van der Waals surface area contributed by atoms with E-state index < -0.39 is 5.63 Å². The van der Waals surface area contributed by atoms with E-state index in [0.29, 0.717) is 5.58 Å². The molecule has 3 aromatic rings. The number of hydrogen-bond donors (Lipinski definition) is 1. The van der Waals surface area contributed by atoms with Gasteiger partial charge in [-0.15, -0.1) is 0 Å². The Bertz CT molecular complexity index is 821. The number of halogens is 1. The maximum atomic E-state index is 11.6. The Hall–Kier alpha value is -2.07. The van der Waals surface area contributed by atoms with Gasteiger partial charge in [-0.1, -0.05) is 34.1 Å². The Morgan fingerprint density at radius 1 is 1.00 bits per heavy atom. The highest BCUT2D eigenvalue weighted by molar-refractivity contribution is 9.10. The average Bonchev–Trinajstić information content (AvgIpc) is 2.38. The summed E-state index contributed by atoms with van der Waals surface area (Å²) < 4.78 is 6.01. The summed E-state index contributed by atoms with van der Waals surface area (Å²) in [5.74, 6) is 0.0694. The number of aromatic hydroxyl groups is 1. The van der Waals surface area contributed by atoms with Gasteiger partial charge in [0.1, 0.15) is 11.3 Å². The van der Waals surface area contributed by atoms with Crippen LogP contribution in [-0.2, 0) is 0 Å². The predicted octanol–water partition coefficient (Wildman–Crippen LogP) is 3.93. The highest BCUT2D eigenvalue weighted by atomic mass is 79.9. The molecule has 3 nitrogen and oxygen atoms in total. The quantitative estimate of drug-likeness (QED) is 0.692. The summed E-state index contributed by atoms with van der Waals surface area (Å²) in [6, 6.07) is 13.9. The third-order valence-corrected chi connectivity index (χ3v) is 3.58. The molecule has 0 amide bonds. The van der Waals surface area contributed by atoms with Gasteiger partial charge < -0.3 is 9.52 Å². The molecule has 0 aliphatic carbocycles. The molecule has 0 fully saturated rings. The molecular formula is C15H9BrO3. The zero-order chi connectivity index (χ0) is 13.4. The number of hydrogen-bond acceptors (Lipinski definition) is 3. The van der Waals surface area contributed by atoms with Crippen LogP contribution in [0.3, 0.4) is 0 Å². The molecule has 0 bridgehead atoms. The van der Waals surface area contributed by atoms with Crippen LogP contribution in [0, 0.1) is 0 Å². The van der Waals surface area contributed by atoms with Crippen molar-refractivity contribution in [3.63, 3.8) is 0 Å². The van der Waals surface area contributed by atoms with Crippen LogP contribution < -0.4 is 5.63 Å². The summed E-state index contributed by atoms with van der Waals surface area (Å²) in [5.41, 5.74) is 1.62. The van der Waals surface area contributed by atoms with Crippen molar-refractivity contribution in [2.24, 2.45) is 0 Å². The Morgan fingerprint density at radius 3 is 2.58 bits per heavy atom. The van der Waals surface area contributed by atoms with Gasteiger partial charge in [0.05, 0.1) is 0 Å². The van der Waals surface area contributed by atoms with Gasteiger partial charge in [0, 0.05) is 27.6 Å². The standard InChI is InChI=1S/C15H9BrO3/c16-13-4-2-1-3-10(13)12-8-15(18)19-14-7-9(17)5-6-11(12)14/h1-8,17H. The molecular weight excluding hydrogens is 308 g/mol. The number of rotatable bonds is 1. The summed E-state index contributed by atoms with van der Waals surface area (Å²) in [6.45, 7) is 0. The molecule has 0 atom stereocenters. The van der Waals surface area contributed by atoms with Crippen LogP contribution in [0.2, 0.25) is 0 Å². The predicted molar refractivity (Wildman–Crippen MR) is 77.3 cm³/mol. The van der Waals surface area contributed by atoms with Crippen molar-refractivity contribution in [1.29, 1.82) is 0 Å². The number of phenols is 1. The van der Waals surface area contributed by atoms with Crippen molar-refractivity contribution in [2.75, 3.05) is 0 Å². The molecule has 0 radical (unpaired) electrons. The molecule has 4 heteroatoms. The molecule has 1 N–H and O–H groups in total. The molecule has 19 heavy (non-hydrogen) atoms. The summed E-state index contributed by atoms with van der Waals surface area (Å²) in [5, 5.41) is 10.2. The van der Waals surface area contributed by atoms with Gasteiger partial charge in [-0.25, -0.2) is 4.79 Å². The van der Waals surface area contributed by atoms with E-state index in [4.69, 9.17) is 4.42 Å². The molecule has 94 valence electrons. The van der Waals surface area contributed by atoms with E-state index in [1.165, 1.54) is 12.1 Å². The lowest BCUT2D eigenvalue weighted by atomic mass is 10.0. The normalized spacial score (nSPS) is 10.8. The molecule has 0 saturated heterocycles. The number of benzene rings is 2. The maximum absolute atomic E-state index is 11.6. The number of fused-ring (bicyclic) bond motifs is 1. The highest BCUT2D eigenvalue weighted by Gasteiger charge is 2.10. The Balaban J connectivity index is 2.41. The van der Waals surface area contributed by atoms with E-state index in [9.17, 15) is 9.90 Å². The molecule has 0 aliphatic heterocycles. The zero-order valence-electron chi connectivity index (χ0n) is 9.76. The fourth-order valence-corrected chi connectivity index (χ4v) is 2.55. The lowest BCUT2D eigenvalue weighted by Crippen LogP contribution is -1.98. The topological polar surface area (TPSA) is 50.4 Å². The Kier molecular flexibility index (Phi) is 2.87. The minimum Gasteiger partial charge on any atom is -0.508 e. The van der Waals surface area contributed by atoms with Gasteiger partial charge in [-0.3, -0.25) is 0 Å². The molecule has 1 heterocycles. The van der Waals surface area contributed by atoms with Gasteiger partial charge in [0.25, 0.3) is 0 Å². The first kappa shape index (κ1) is 12.0. The second kappa shape index (κ2) is 4.55. The third kappa shape index (κ3) is 2.15. The van der Waals surface area contributed by atoms with Gasteiger partial charge in [0.15, 0.2) is 0 Å². The summed E-state index contributed by atoms with van der Waals surface area (Å²) >= 11 is 3.48. The van der Waals surface area contributed by atoms with Crippen molar-refractivity contribution in [3.05, 3.63) is 63.4 Å². The van der Waals surface area contributed by atoms with Crippen LogP contribution in [0.15, 0.2) is 62.2 Å². The molecule has 0 unspecified atom stereocenters. The van der Waals surface area contributed by atoms with Crippen LogP contribution in [0.4, 0.5) is 0 Å². The van der Waals surface area contributed by atoms with Crippen molar-refractivity contribution in [2.45, 2.75) is 0 Å². The summed E-state index contributed by atoms with van der Waals surface area (Å²) in [6.07, 6.45) is 0. The van der Waals surface area contributed by atoms with Gasteiger partial charge in [-0.2, -0.15) is 0 Å².